The van der Waals surface area contributed by atoms with Crippen LogP contribution in [0.25, 0.3) is 0 Å². The van der Waals surface area contributed by atoms with Crippen molar-refractivity contribution in [2.75, 3.05) is 6.54 Å². The average Bonchev–Trinajstić information content (AvgIpc) is 2.65. The lowest BCUT2D eigenvalue weighted by atomic mass is 10.0. The van der Waals surface area contributed by atoms with Gasteiger partial charge in [0.1, 0.15) is 12.7 Å². The number of benzene rings is 1. The minimum atomic E-state index is -4.41. The molecule has 0 aliphatic carbocycles. The van der Waals surface area contributed by atoms with Crippen LogP contribution in [0.3, 0.4) is 0 Å². The Bertz CT molecular complexity index is 511. The van der Waals surface area contributed by atoms with Crippen LogP contribution >= 0.6 is 0 Å². The summed E-state index contributed by atoms with van der Waals surface area (Å²) in [6, 6.07) is 6.73. The number of carbonyl (C=O) groups excluding carboxylic acids is 1. The molecule has 1 aromatic carbocycles. The quantitative estimate of drug-likeness (QED) is 0.930. The summed E-state index contributed by atoms with van der Waals surface area (Å²) in [4.78, 5) is 12.8. The highest BCUT2D eigenvalue weighted by atomic mass is 19.4. The number of amides is 1. The number of nitrogens with zero attached hydrogens (tertiary/aromatic N) is 1. The molecule has 2 rings (SSSR count). The lowest BCUT2D eigenvalue weighted by Gasteiger charge is -2.25. The van der Waals surface area contributed by atoms with E-state index in [0.29, 0.717) is 11.5 Å². The first kappa shape index (κ1) is 15.8. The molecule has 1 heterocycles. The van der Waals surface area contributed by atoms with Gasteiger partial charge in [-0.15, -0.1) is 0 Å². The number of hydrogen-bond donors (Lipinski definition) is 1. The maximum atomic E-state index is 12.6. The summed E-state index contributed by atoms with van der Waals surface area (Å²) in [7, 11) is 0. The molecule has 3 nitrogen and oxygen atoms in total. The van der Waals surface area contributed by atoms with Crippen LogP contribution in [-0.2, 0) is 4.79 Å². The first-order chi connectivity index (χ1) is 9.69. The second kappa shape index (κ2) is 5.67. The fourth-order valence-corrected chi connectivity index (χ4v) is 2.48. The highest BCUT2D eigenvalue weighted by Gasteiger charge is 2.43. The molecule has 1 aliphatic heterocycles. The van der Waals surface area contributed by atoms with Crippen molar-refractivity contribution in [3.8, 4) is 0 Å². The molecule has 0 aromatic heterocycles. The highest BCUT2D eigenvalue weighted by Crippen LogP contribution is 2.30. The Hall–Kier alpha value is -1.56. The summed E-state index contributed by atoms with van der Waals surface area (Å²) in [5, 5.41) is 2.92. The molecule has 1 fully saturated rings. The van der Waals surface area contributed by atoms with E-state index in [0.717, 1.165) is 10.5 Å². The van der Waals surface area contributed by atoms with Gasteiger partial charge >= 0.3 is 6.18 Å². The average molecular weight is 300 g/mol. The van der Waals surface area contributed by atoms with E-state index < -0.39 is 30.8 Å². The van der Waals surface area contributed by atoms with Gasteiger partial charge in [-0.1, -0.05) is 38.1 Å². The van der Waals surface area contributed by atoms with E-state index in [4.69, 9.17) is 0 Å². The van der Waals surface area contributed by atoms with Crippen molar-refractivity contribution in [1.82, 2.24) is 10.2 Å². The molecule has 1 saturated heterocycles. The summed E-state index contributed by atoms with van der Waals surface area (Å²) in [5.74, 6) is -0.173. The Morgan fingerprint density at radius 3 is 2.29 bits per heavy atom. The SMILES string of the molecule is CC1NC(c2ccc(C(C)C)cc2)N(CC(F)(F)F)C1=O. The van der Waals surface area contributed by atoms with E-state index in [1.54, 1.807) is 19.1 Å². The smallest absolute Gasteiger partial charge is 0.312 e. The second-order valence-corrected chi connectivity index (χ2v) is 5.69. The van der Waals surface area contributed by atoms with Crippen LogP contribution < -0.4 is 5.32 Å². The summed E-state index contributed by atoms with van der Waals surface area (Å²) in [5.41, 5.74) is 1.78. The van der Waals surface area contributed by atoms with E-state index in [1.165, 1.54) is 0 Å². The van der Waals surface area contributed by atoms with Gasteiger partial charge in [0, 0.05) is 0 Å². The topological polar surface area (TPSA) is 32.3 Å². The third kappa shape index (κ3) is 3.56. The standard InChI is InChI=1S/C15H19F3N2O/c1-9(2)11-4-6-12(7-5-11)13-19-10(3)14(21)20(13)8-15(16,17)18/h4-7,9-10,13,19H,8H2,1-3H3. The van der Waals surface area contributed by atoms with Crippen molar-refractivity contribution in [1.29, 1.82) is 0 Å². The first-order valence-corrected chi connectivity index (χ1v) is 6.92. The van der Waals surface area contributed by atoms with Gasteiger partial charge in [0.15, 0.2) is 0 Å². The van der Waals surface area contributed by atoms with Gasteiger partial charge in [-0.3, -0.25) is 10.1 Å². The third-order valence-corrected chi connectivity index (χ3v) is 3.64. The van der Waals surface area contributed by atoms with Crippen LogP contribution in [0, 0.1) is 0 Å². The van der Waals surface area contributed by atoms with Crippen LogP contribution in [0.1, 0.15) is 44.0 Å². The zero-order chi connectivity index (χ0) is 15.8. The third-order valence-electron chi connectivity index (χ3n) is 3.64. The molecule has 0 saturated carbocycles. The molecule has 21 heavy (non-hydrogen) atoms. The minimum absolute atomic E-state index is 0.349. The zero-order valence-electron chi connectivity index (χ0n) is 12.2. The molecule has 2 unspecified atom stereocenters. The van der Waals surface area contributed by atoms with E-state index >= 15 is 0 Å². The van der Waals surface area contributed by atoms with E-state index in [-0.39, 0.29) is 0 Å². The van der Waals surface area contributed by atoms with Crippen molar-refractivity contribution in [3.05, 3.63) is 35.4 Å². The number of nitrogens with one attached hydrogen (secondary N) is 1. The number of halogens is 3. The first-order valence-electron chi connectivity index (χ1n) is 6.92. The molecular weight excluding hydrogens is 281 g/mol. The lowest BCUT2D eigenvalue weighted by molar-refractivity contribution is -0.161. The van der Waals surface area contributed by atoms with Gasteiger partial charge < -0.3 is 4.90 Å². The molecule has 1 N–H and O–H groups in total. The molecular formula is C15H19F3N2O. The molecule has 1 amide bonds. The summed E-state index contributed by atoms with van der Waals surface area (Å²) in [6.07, 6.45) is -5.13. The van der Waals surface area contributed by atoms with Gasteiger partial charge in [-0.2, -0.15) is 13.2 Å². The fraction of sp³-hybridized carbons (Fsp3) is 0.533. The van der Waals surface area contributed by atoms with E-state index in [9.17, 15) is 18.0 Å². The fourth-order valence-electron chi connectivity index (χ4n) is 2.48. The van der Waals surface area contributed by atoms with Gasteiger partial charge in [0.2, 0.25) is 5.91 Å². The maximum absolute atomic E-state index is 12.6. The van der Waals surface area contributed by atoms with E-state index in [1.807, 2.05) is 26.0 Å². The van der Waals surface area contributed by atoms with E-state index in [2.05, 4.69) is 5.32 Å². The van der Waals surface area contributed by atoms with Gasteiger partial charge in [0.05, 0.1) is 6.04 Å². The Kier molecular flexibility index (Phi) is 4.27. The Morgan fingerprint density at radius 2 is 1.81 bits per heavy atom. The van der Waals surface area contributed by atoms with Crippen molar-refractivity contribution in [2.24, 2.45) is 0 Å². The summed E-state index contributed by atoms with van der Waals surface area (Å²) in [6.45, 7) is 4.43. The normalized spacial score (nSPS) is 23.2. The molecule has 1 aromatic rings. The van der Waals surface area contributed by atoms with Gasteiger partial charge in [-0.25, -0.2) is 0 Å². The van der Waals surface area contributed by atoms with Crippen molar-refractivity contribution >= 4 is 5.91 Å². The molecule has 0 spiro atoms. The molecule has 0 radical (unpaired) electrons. The van der Waals surface area contributed by atoms with Crippen LogP contribution in [0.5, 0.6) is 0 Å². The van der Waals surface area contributed by atoms with Crippen LogP contribution in [-0.4, -0.2) is 29.6 Å². The van der Waals surface area contributed by atoms with Crippen LogP contribution in [0.4, 0.5) is 13.2 Å². The molecule has 6 heteroatoms. The zero-order valence-corrected chi connectivity index (χ0v) is 12.2. The molecule has 116 valence electrons. The molecule has 1 aliphatic rings. The molecule has 0 bridgehead atoms. The Morgan fingerprint density at radius 1 is 1.24 bits per heavy atom. The number of alkyl halides is 3. The predicted octanol–water partition coefficient (Wildman–Crippen LogP) is 3.19. The Labute approximate surface area is 122 Å². The van der Waals surface area contributed by atoms with Crippen molar-refractivity contribution in [2.45, 2.75) is 45.1 Å². The Balaban J connectivity index is 2.25. The molecule has 2 atom stereocenters. The summed E-state index contributed by atoms with van der Waals surface area (Å²) >= 11 is 0. The lowest BCUT2D eigenvalue weighted by Crippen LogP contribution is -2.38. The van der Waals surface area contributed by atoms with Gasteiger partial charge in [0.25, 0.3) is 0 Å². The summed E-state index contributed by atoms with van der Waals surface area (Å²) < 4.78 is 37.9. The monoisotopic (exact) mass is 300 g/mol. The predicted molar refractivity (Wildman–Crippen MR) is 73.6 cm³/mol. The van der Waals surface area contributed by atoms with Crippen molar-refractivity contribution < 1.29 is 18.0 Å². The van der Waals surface area contributed by atoms with Crippen molar-refractivity contribution in [3.63, 3.8) is 0 Å². The van der Waals surface area contributed by atoms with Crippen LogP contribution in [0.2, 0.25) is 0 Å². The van der Waals surface area contributed by atoms with Crippen LogP contribution in [0.15, 0.2) is 24.3 Å². The minimum Gasteiger partial charge on any atom is -0.312 e. The second-order valence-electron chi connectivity index (χ2n) is 5.69. The number of carbonyl (C=O) groups is 1. The maximum Gasteiger partial charge on any atom is 0.406 e. The highest BCUT2D eigenvalue weighted by molar-refractivity contribution is 5.84. The largest absolute Gasteiger partial charge is 0.406 e. The number of hydrogen-bond acceptors (Lipinski definition) is 2. The number of rotatable bonds is 3. The van der Waals surface area contributed by atoms with Gasteiger partial charge in [-0.05, 0) is 24.0 Å².